The van der Waals surface area contributed by atoms with Crippen LogP contribution in [0.1, 0.15) is 26.2 Å². The van der Waals surface area contributed by atoms with Crippen molar-refractivity contribution in [2.24, 2.45) is 5.92 Å². The maximum Gasteiger partial charge on any atom is 0.222 e. The molecule has 1 saturated heterocycles. The highest BCUT2D eigenvalue weighted by Gasteiger charge is 2.21. The van der Waals surface area contributed by atoms with Crippen LogP contribution in [0.3, 0.4) is 0 Å². The lowest BCUT2D eigenvalue weighted by Gasteiger charge is -2.31. The molecule has 0 bridgehead atoms. The molecule has 0 aromatic rings. The Labute approximate surface area is 94.6 Å². The zero-order valence-electron chi connectivity index (χ0n) is 8.99. The molecule has 0 aliphatic carbocycles. The molecule has 1 aliphatic heterocycles. The lowest BCUT2D eigenvalue weighted by Crippen LogP contribution is -2.38. The smallest absolute Gasteiger partial charge is 0.222 e. The molecule has 0 N–H and O–H groups in total. The predicted octanol–water partition coefficient (Wildman–Crippen LogP) is 2.65. The van der Waals surface area contributed by atoms with E-state index in [0.717, 1.165) is 19.0 Å². The van der Waals surface area contributed by atoms with E-state index in [0.29, 0.717) is 12.3 Å². The zero-order valence-corrected chi connectivity index (χ0v) is 10.6. The fraction of sp³-hybridized carbons (Fsp3) is 0.900. The maximum absolute atomic E-state index is 11.4. The van der Waals surface area contributed by atoms with Crippen LogP contribution in [0.25, 0.3) is 0 Å². The van der Waals surface area contributed by atoms with Crippen LogP contribution in [0.4, 0.5) is 0 Å². The topological polar surface area (TPSA) is 20.3 Å². The van der Waals surface area contributed by atoms with Crippen molar-refractivity contribution < 1.29 is 4.79 Å². The van der Waals surface area contributed by atoms with E-state index in [4.69, 9.17) is 0 Å². The fourth-order valence-corrected chi connectivity index (χ4v) is 3.38. The lowest BCUT2D eigenvalue weighted by atomic mass is 9.99. The highest BCUT2D eigenvalue weighted by molar-refractivity contribution is 8.76. The molecule has 14 heavy (non-hydrogen) atoms. The van der Waals surface area contributed by atoms with Gasteiger partial charge < -0.3 is 4.90 Å². The fourth-order valence-electron chi connectivity index (χ4n) is 1.74. The molecule has 2 nitrogen and oxygen atoms in total. The van der Waals surface area contributed by atoms with Gasteiger partial charge in [-0.15, -0.1) is 0 Å². The summed E-state index contributed by atoms with van der Waals surface area (Å²) >= 11 is 0. The average molecular weight is 233 g/mol. The van der Waals surface area contributed by atoms with Crippen molar-refractivity contribution in [1.82, 2.24) is 4.90 Å². The van der Waals surface area contributed by atoms with E-state index in [1.54, 1.807) is 0 Å². The summed E-state index contributed by atoms with van der Waals surface area (Å²) < 4.78 is 0. The Morgan fingerprint density at radius 2 is 2.07 bits per heavy atom. The number of carbonyl (C=O) groups is 1. The number of rotatable bonds is 4. The summed E-state index contributed by atoms with van der Waals surface area (Å²) in [5.74, 6) is 2.39. The molecule has 0 saturated carbocycles. The van der Waals surface area contributed by atoms with Crippen LogP contribution in [0.15, 0.2) is 0 Å². The zero-order chi connectivity index (χ0) is 10.4. The third kappa shape index (κ3) is 3.73. The molecule has 1 fully saturated rings. The molecule has 0 aromatic carbocycles. The van der Waals surface area contributed by atoms with Crippen LogP contribution in [-0.2, 0) is 4.79 Å². The maximum atomic E-state index is 11.4. The molecule has 0 radical (unpaired) electrons. The molecule has 0 atom stereocenters. The van der Waals surface area contributed by atoms with E-state index in [9.17, 15) is 4.79 Å². The van der Waals surface area contributed by atoms with Gasteiger partial charge >= 0.3 is 0 Å². The van der Waals surface area contributed by atoms with Gasteiger partial charge in [0.05, 0.1) is 0 Å². The minimum atomic E-state index is 0.320. The largest absolute Gasteiger partial charge is 0.343 e. The van der Waals surface area contributed by atoms with Gasteiger partial charge in [-0.3, -0.25) is 4.79 Å². The van der Waals surface area contributed by atoms with Crippen molar-refractivity contribution >= 4 is 27.5 Å². The molecular formula is C10H19NOS2. The summed E-state index contributed by atoms with van der Waals surface area (Å²) in [5.41, 5.74) is 0. The van der Waals surface area contributed by atoms with E-state index in [-0.39, 0.29) is 0 Å². The lowest BCUT2D eigenvalue weighted by molar-refractivity contribution is -0.132. The molecule has 4 heteroatoms. The highest BCUT2D eigenvalue weighted by atomic mass is 33.1. The molecule has 1 amide bonds. The first-order valence-corrected chi connectivity index (χ1v) is 7.94. The van der Waals surface area contributed by atoms with Crippen molar-refractivity contribution in [3.63, 3.8) is 0 Å². The number of nitrogens with zero attached hydrogens (tertiary/aromatic N) is 1. The van der Waals surface area contributed by atoms with Gasteiger partial charge in [-0.05, 0) is 25.0 Å². The quantitative estimate of drug-likeness (QED) is 0.696. The van der Waals surface area contributed by atoms with Crippen molar-refractivity contribution in [3.8, 4) is 0 Å². The van der Waals surface area contributed by atoms with Crippen LogP contribution in [0.5, 0.6) is 0 Å². The van der Waals surface area contributed by atoms with Crippen molar-refractivity contribution in [1.29, 1.82) is 0 Å². The first-order chi connectivity index (χ1) is 6.77. The van der Waals surface area contributed by atoms with Gasteiger partial charge in [0.2, 0.25) is 5.91 Å². The Hall–Kier alpha value is 0.170. The van der Waals surface area contributed by atoms with Gasteiger partial charge in [-0.1, -0.05) is 28.5 Å². The molecular weight excluding hydrogens is 214 g/mol. The minimum Gasteiger partial charge on any atom is -0.343 e. The average Bonchev–Trinajstić information content (AvgIpc) is 2.26. The summed E-state index contributed by atoms with van der Waals surface area (Å²) in [5, 5.41) is 0. The predicted molar refractivity (Wildman–Crippen MR) is 65.6 cm³/mol. The number of hydrogen-bond acceptors (Lipinski definition) is 3. The van der Waals surface area contributed by atoms with Crippen LogP contribution < -0.4 is 0 Å². The van der Waals surface area contributed by atoms with Gasteiger partial charge in [0.1, 0.15) is 0 Å². The number of piperidine rings is 1. The minimum absolute atomic E-state index is 0.320. The van der Waals surface area contributed by atoms with Crippen LogP contribution in [0, 0.1) is 5.92 Å². The SMILES string of the molecule is CCC(=O)N1CCC(CSSC)CC1. The van der Waals surface area contributed by atoms with Gasteiger partial charge in [0, 0.05) is 25.3 Å². The molecule has 1 aliphatic rings. The summed E-state index contributed by atoms with van der Waals surface area (Å²) in [6.45, 7) is 3.90. The Morgan fingerprint density at radius 1 is 1.43 bits per heavy atom. The number of likely N-dealkylation sites (tertiary alicyclic amines) is 1. The van der Waals surface area contributed by atoms with Crippen molar-refractivity contribution in [3.05, 3.63) is 0 Å². The molecule has 1 rings (SSSR count). The molecule has 0 aromatic heterocycles. The van der Waals surface area contributed by atoms with Gasteiger partial charge in [-0.25, -0.2) is 0 Å². The summed E-state index contributed by atoms with van der Waals surface area (Å²) in [6, 6.07) is 0. The Balaban J connectivity index is 2.20. The van der Waals surface area contributed by atoms with Crippen LogP contribution >= 0.6 is 21.6 Å². The van der Waals surface area contributed by atoms with Crippen molar-refractivity contribution in [2.45, 2.75) is 26.2 Å². The van der Waals surface area contributed by atoms with Crippen LogP contribution in [-0.4, -0.2) is 35.9 Å². The second kappa shape index (κ2) is 6.62. The second-order valence-corrected chi connectivity index (χ2v) is 6.24. The summed E-state index contributed by atoms with van der Waals surface area (Å²) in [6.07, 6.45) is 5.17. The molecule has 82 valence electrons. The summed E-state index contributed by atoms with van der Waals surface area (Å²) in [7, 11) is 3.79. The van der Waals surface area contributed by atoms with E-state index in [1.807, 2.05) is 33.4 Å². The van der Waals surface area contributed by atoms with Crippen LogP contribution in [0.2, 0.25) is 0 Å². The van der Waals surface area contributed by atoms with Gasteiger partial charge in [-0.2, -0.15) is 0 Å². The molecule has 0 unspecified atom stereocenters. The molecule has 0 spiro atoms. The van der Waals surface area contributed by atoms with E-state index < -0.39 is 0 Å². The highest BCUT2D eigenvalue weighted by Crippen LogP contribution is 2.26. The van der Waals surface area contributed by atoms with Crippen molar-refractivity contribution in [2.75, 3.05) is 25.1 Å². The molecule has 1 heterocycles. The third-order valence-electron chi connectivity index (χ3n) is 2.69. The third-order valence-corrected chi connectivity index (χ3v) is 4.65. The monoisotopic (exact) mass is 233 g/mol. The van der Waals surface area contributed by atoms with E-state index in [1.165, 1.54) is 18.6 Å². The Bertz CT molecular complexity index is 179. The number of carbonyl (C=O) groups excluding carboxylic acids is 1. The Morgan fingerprint density at radius 3 is 2.57 bits per heavy atom. The van der Waals surface area contributed by atoms with Gasteiger partial charge in [0.25, 0.3) is 0 Å². The second-order valence-electron chi connectivity index (χ2n) is 3.63. The number of hydrogen-bond donors (Lipinski definition) is 0. The van der Waals surface area contributed by atoms with E-state index >= 15 is 0 Å². The van der Waals surface area contributed by atoms with Gasteiger partial charge in [0.15, 0.2) is 0 Å². The first-order valence-electron chi connectivity index (χ1n) is 5.21. The standard InChI is InChI=1S/C10H19NOS2/c1-3-10(12)11-6-4-9(5-7-11)8-14-13-2/h9H,3-8H2,1-2H3. The summed E-state index contributed by atoms with van der Waals surface area (Å²) in [4.78, 5) is 13.4. The van der Waals surface area contributed by atoms with E-state index in [2.05, 4.69) is 6.26 Å². The first kappa shape index (κ1) is 12.2. The Kier molecular flexibility index (Phi) is 5.78. The normalized spacial score (nSPS) is 18.6. The number of amides is 1.